The molecule has 0 aliphatic heterocycles. The molecule has 0 aliphatic carbocycles. The monoisotopic (exact) mass is 336 g/mol. The standard InChI is InChI=1S/C18H32N4O2/c1-17(15-19,11-7-3-5-9-13-23)21-22-18(2,16-20)12-8-4-6-10-14-24/h23-24H,3-14H2,1-2H3. The second-order valence-corrected chi connectivity index (χ2v) is 6.75. The third kappa shape index (κ3) is 10.3. The van der Waals surface area contributed by atoms with Crippen LogP contribution < -0.4 is 0 Å². The second-order valence-electron chi connectivity index (χ2n) is 6.75. The fraction of sp³-hybridized carbons (Fsp3) is 0.889. The van der Waals surface area contributed by atoms with Gasteiger partial charge in [0.2, 0.25) is 0 Å². The summed E-state index contributed by atoms with van der Waals surface area (Å²) in [6.45, 7) is 3.91. The molecule has 0 spiro atoms. The maximum Gasteiger partial charge on any atom is 0.164 e. The Hall–Kier alpha value is -1.50. The van der Waals surface area contributed by atoms with Gasteiger partial charge in [0, 0.05) is 13.2 Å². The van der Waals surface area contributed by atoms with Crippen LogP contribution in [0.4, 0.5) is 0 Å². The Labute approximate surface area is 146 Å². The molecular formula is C18H32N4O2. The van der Waals surface area contributed by atoms with Gasteiger partial charge in [0.1, 0.15) is 0 Å². The summed E-state index contributed by atoms with van der Waals surface area (Å²) < 4.78 is 0. The van der Waals surface area contributed by atoms with Crippen LogP contribution in [0.1, 0.15) is 78.1 Å². The molecular weight excluding hydrogens is 304 g/mol. The summed E-state index contributed by atoms with van der Waals surface area (Å²) in [6.07, 6.45) is 8.29. The highest BCUT2D eigenvalue weighted by Crippen LogP contribution is 2.25. The Balaban J connectivity index is 4.46. The molecule has 0 aromatic rings. The number of aliphatic hydroxyl groups excluding tert-OH is 2. The van der Waals surface area contributed by atoms with Crippen molar-refractivity contribution in [2.24, 2.45) is 10.2 Å². The average molecular weight is 336 g/mol. The van der Waals surface area contributed by atoms with Crippen molar-refractivity contribution in [3.05, 3.63) is 0 Å². The minimum absolute atomic E-state index is 0.202. The van der Waals surface area contributed by atoms with Crippen LogP contribution >= 0.6 is 0 Å². The van der Waals surface area contributed by atoms with E-state index in [1.54, 1.807) is 13.8 Å². The van der Waals surface area contributed by atoms with Crippen molar-refractivity contribution in [3.8, 4) is 12.1 Å². The highest BCUT2D eigenvalue weighted by Gasteiger charge is 2.27. The van der Waals surface area contributed by atoms with Crippen molar-refractivity contribution in [2.75, 3.05) is 13.2 Å². The summed E-state index contributed by atoms with van der Waals surface area (Å²) in [6, 6.07) is 4.41. The number of hydrogen-bond acceptors (Lipinski definition) is 6. The summed E-state index contributed by atoms with van der Waals surface area (Å²) in [5, 5.41) is 44.7. The molecule has 0 rings (SSSR count). The maximum absolute atomic E-state index is 9.38. The van der Waals surface area contributed by atoms with Gasteiger partial charge in [0.25, 0.3) is 0 Å². The molecule has 0 aromatic carbocycles. The molecule has 0 bridgehead atoms. The van der Waals surface area contributed by atoms with Crippen molar-refractivity contribution in [3.63, 3.8) is 0 Å². The molecule has 0 aromatic heterocycles. The third-order valence-electron chi connectivity index (χ3n) is 4.12. The van der Waals surface area contributed by atoms with Crippen molar-refractivity contribution < 1.29 is 10.2 Å². The summed E-state index contributed by atoms with van der Waals surface area (Å²) >= 11 is 0. The van der Waals surface area contributed by atoms with Crippen LogP contribution in [0.25, 0.3) is 0 Å². The normalized spacial score (nSPS) is 16.2. The van der Waals surface area contributed by atoms with Crippen LogP contribution in [0.2, 0.25) is 0 Å². The molecule has 24 heavy (non-hydrogen) atoms. The van der Waals surface area contributed by atoms with Crippen molar-refractivity contribution in [1.82, 2.24) is 0 Å². The van der Waals surface area contributed by atoms with Crippen LogP contribution in [-0.2, 0) is 0 Å². The number of nitrogens with zero attached hydrogens (tertiary/aromatic N) is 4. The Kier molecular flexibility index (Phi) is 12.1. The second kappa shape index (κ2) is 12.9. The molecule has 0 amide bonds. The lowest BCUT2D eigenvalue weighted by Gasteiger charge is -2.19. The van der Waals surface area contributed by atoms with Crippen molar-refractivity contribution in [1.29, 1.82) is 10.5 Å². The van der Waals surface area contributed by atoms with E-state index in [0.717, 1.165) is 51.4 Å². The van der Waals surface area contributed by atoms with Gasteiger partial charge in [-0.05, 0) is 52.4 Å². The van der Waals surface area contributed by atoms with Gasteiger partial charge in [-0.2, -0.15) is 20.8 Å². The molecule has 2 unspecified atom stereocenters. The molecule has 0 aliphatic rings. The predicted molar refractivity (Wildman–Crippen MR) is 93.2 cm³/mol. The summed E-state index contributed by atoms with van der Waals surface area (Å²) in [7, 11) is 0. The van der Waals surface area contributed by atoms with E-state index in [2.05, 4.69) is 22.4 Å². The number of azo groups is 1. The minimum Gasteiger partial charge on any atom is -0.396 e. The number of rotatable bonds is 14. The Bertz CT molecular complexity index is 401. The first-order valence-electron chi connectivity index (χ1n) is 8.93. The molecule has 6 nitrogen and oxygen atoms in total. The zero-order valence-corrected chi connectivity index (χ0v) is 15.2. The first-order chi connectivity index (χ1) is 11.4. The Morgan fingerprint density at radius 1 is 0.667 bits per heavy atom. The Morgan fingerprint density at radius 3 is 1.29 bits per heavy atom. The predicted octanol–water partition coefficient (Wildman–Crippen LogP) is 3.89. The van der Waals surface area contributed by atoms with E-state index in [9.17, 15) is 10.5 Å². The van der Waals surface area contributed by atoms with E-state index in [4.69, 9.17) is 10.2 Å². The van der Waals surface area contributed by atoms with Gasteiger partial charge in [-0.15, -0.1) is 0 Å². The van der Waals surface area contributed by atoms with Crippen LogP contribution in [0.3, 0.4) is 0 Å². The fourth-order valence-electron chi connectivity index (χ4n) is 2.35. The molecule has 2 atom stereocenters. The zero-order valence-electron chi connectivity index (χ0n) is 15.2. The zero-order chi connectivity index (χ0) is 18.3. The molecule has 0 saturated heterocycles. The van der Waals surface area contributed by atoms with E-state index < -0.39 is 11.1 Å². The van der Waals surface area contributed by atoms with Crippen molar-refractivity contribution in [2.45, 2.75) is 89.1 Å². The first-order valence-corrected chi connectivity index (χ1v) is 8.93. The van der Waals surface area contributed by atoms with Gasteiger partial charge in [0.05, 0.1) is 12.1 Å². The highest BCUT2D eigenvalue weighted by molar-refractivity contribution is 5.07. The van der Waals surface area contributed by atoms with Gasteiger partial charge in [0.15, 0.2) is 11.1 Å². The number of nitriles is 2. The SMILES string of the molecule is CC(C#N)(CCCCCCO)N=NC(C)(C#N)CCCCCCO. The average Bonchev–Trinajstić information content (AvgIpc) is 2.60. The smallest absolute Gasteiger partial charge is 0.164 e. The molecule has 0 radical (unpaired) electrons. The summed E-state index contributed by atoms with van der Waals surface area (Å²) in [5.74, 6) is 0. The van der Waals surface area contributed by atoms with E-state index >= 15 is 0 Å². The maximum atomic E-state index is 9.38. The minimum atomic E-state index is -0.895. The lowest BCUT2D eigenvalue weighted by atomic mass is 9.95. The summed E-state index contributed by atoms with van der Waals surface area (Å²) in [5.41, 5.74) is -1.79. The number of hydrogen-bond donors (Lipinski definition) is 2. The molecule has 0 saturated carbocycles. The van der Waals surface area contributed by atoms with E-state index in [1.165, 1.54) is 0 Å². The van der Waals surface area contributed by atoms with E-state index in [0.29, 0.717) is 12.8 Å². The lowest BCUT2D eigenvalue weighted by molar-refractivity contribution is 0.281. The summed E-state index contributed by atoms with van der Waals surface area (Å²) in [4.78, 5) is 0. The van der Waals surface area contributed by atoms with E-state index in [-0.39, 0.29) is 13.2 Å². The molecule has 0 fully saturated rings. The van der Waals surface area contributed by atoms with E-state index in [1.807, 2.05) is 0 Å². The first kappa shape index (κ1) is 22.5. The number of aliphatic hydroxyl groups is 2. The Morgan fingerprint density at radius 2 is 1.00 bits per heavy atom. The van der Waals surface area contributed by atoms with Gasteiger partial charge in [-0.1, -0.05) is 25.7 Å². The molecule has 0 heterocycles. The quantitative estimate of drug-likeness (QED) is 0.370. The van der Waals surface area contributed by atoms with Gasteiger partial charge < -0.3 is 10.2 Å². The van der Waals surface area contributed by atoms with Crippen LogP contribution in [-0.4, -0.2) is 34.5 Å². The van der Waals surface area contributed by atoms with Crippen LogP contribution in [0.5, 0.6) is 0 Å². The highest BCUT2D eigenvalue weighted by atomic mass is 16.3. The molecule has 136 valence electrons. The largest absolute Gasteiger partial charge is 0.396 e. The topological polar surface area (TPSA) is 113 Å². The van der Waals surface area contributed by atoms with Crippen molar-refractivity contribution >= 4 is 0 Å². The number of unbranched alkanes of at least 4 members (excludes halogenated alkanes) is 6. The van der Waals surface area contributed by atoms with Gasteiger partial charge >= 0.3 is 0 Å². The van der Waals surface area contributed by atoms with Gasteiger partial charge in [-0.3, -0.25) is 0 Å². The lowest BCUT2D eigenvalue weighted by Crippen LogP contribution is -2.23. The van der Waals surface area contributed by atoms with Crippen LogP contribution in [0, 0.1) is 22.7 Å². The van der Waals surface area contributed by atoms with Gasteiger partial charge in [-0.25, -0.2) is 0 Å². The molecule has 2 N–H and O–H groups in total. The molecule has 6 heteroatoms. The van der Waals surface area contributed by atoms with Crippen LogP contribution in [0.15, 0.2) is 10.2 Å². The third-order valence-corrected chi connectivity index (χ3v) is 4.12. The fourth-order valence-corrected chi connectivity index (χ4v) is 2.35.